The number of nitrogens with zero attached hydrogens (tertiary/aromatic N) is 3. The first-order valence-corrected chi connectivity index (χ1v) is 13.3. The van der Waals surface area contributed by atoms with Gasteiger partial charge in [-0.15, -0.1) is 0 Å². The Bertz CT molecular complexity index is 1040. The molecule has 6 heteroatoms. The van der Waals surface area contributed by atoms with Crippen LogP contribution in [0.5, 0.6) is 0 Å². The van der Waals surface area contributed by atoms with E-state index in [4.69, 9.17) is 4.99 Å². The average Bonchev–Trinajstić information content (AvgIpc) is 3.37. The molecule has 5 rings (SSSR count). The van der Waals surface area contributed by atoms with Gasteiger partial charge in [-0.25, -0.2) is 0 Å². The Hall–Kier alpha value is -2.18. The third kappa shape index (κ3) is 4.23. The number of anilines is 1. The molecule has 2 aromatic rings. The van der Waals surface area contributed by atoms with Crippen molar-refractivity contribution in [3.05, 3.63) is 70.1 Å². The summed E-state index contributed by atoms with van der Waals surface area (Å²) in [5.74, 6) is 0.147. The normalized spacial score (nSPS) is 22.8. The monoisotopic (exact) mass is 463 g/mol. The van der Waals surface area contributed by atoms with E-state index in [1.807, 2.05) is 11.0 Å². The van der Waals surface area contributed by atoms with Crippen LogP contribution >= 0.6 is 23.5 Å². The number of fused-ring (bicyclic) bond motifs is 1. The van der Waals surface area contributed by atoms with E-state index in [0.717, 1.165) is 40.9 Å². The second-order valence-corrected chi connectivity index (χ2v) is 10.4. The van der Waals surface area contributed by atoms with Crippen molar-refractivity contribution >= 4 is 40.3 Å². The predicted octanol–water partition coefficient (Wildman–Crippen LogP) is 6.29. The first-order valence-electron chi connectivity index (χ1n) is 11.6. The molecule has 32 heavy (non-hydrogen) atoms. The van der Waals surface area contributed by atoms with E-state index in [2.05, 4.69) is 60.4 Å². The zero-order chi connectivity index (χ0) is 21.9. The molecule has 4 nitrogen and oxygen atoms in total. The summed E-state index contributed by atoms with van der Waals surface area (Å²) in [6.45, 7) is 3.71. The van der Waals surface area contributed by atoms with E-state index in [9.17, 15) is 4.79 Å². The molecule has 0 unspecified atom stereocenters. The molecule has 0 aromatic heterocycles. The Balaban J connectivity index is 1.45. The number of aliphatic imine (C=N–C) groups is 1. The van der Waals surface area contributed by atoms with Crippen molar-refractivity contribution in [1.82, 2.24) is 4.90 Å². The number of rotatable bonds is 5. The van der Waals surface area contributed by atoms with E-state index in [-0.39, 0.29) is 11.9 Å². The standard InChI is InChI=1S/C26H29N3OS2/c1-2-28-21-15-9-10-16-22(21)31-25(28)23-24(30)29(20-13-7-4-8-14-20)26(32-23)27-18-17-19-11-5-3-6-12-19/h3,5-6,9-12,15-16,20H,2,4,7-8,13-14,17-18H2,1H3/b25-23-,27-26?. The number of para-hydroxylation sites is 1. The maximum atomic E-state index is 13.8. The molecule has 2 fully saturated rings. The molecule has 1 amide bonds. The maximum absolute atomic E-state index is 13.8. The molecule has 0 bridgehead atoms. The van der Waals surface area contributed by atoms with Crippen molar-refractivity contribution in [2.24, 2.45) is 4.99 Å². The minimum Gasteiger partial charge on any atom is -0.334 e. The van der Waals surface area contributed by atoms with Gasteiger partial charge in [-0.1, -0.05) is 73.5 Å². The summed E-state index contributed by atoms with van der Waals surface area (Å²) in [7, 11) is 0. The molecule has 1 aliphatic carbocycles. The van der Waals surface area contributed by atoms with Crippen LogP contribution in [0.2, 0.25) is 0 Å². The molecule has 2 aromatic carbocycles. The Kier molecular flexibility index (Phi) is 6.60. The van der Waals surface area contributed by atoms with Crippen LogP contribution in [0.1, 0.15) is 44.6 Å². The van der Waals surface area contributed by atoms with Gasteiger partial charge in [0.05, 0.1) is 5.69 Å². The van der Waals surface area contributed by atoms with Gasteiger partial charge in [0.1, 0.15) is 9.93 Å². The van der Waals surface area contributed by atoms with Gasteiger partial charge in [-0.3, -0.25) is 14.7 Å². The summed E-state index contributed by atoms with van der Waals surface area (Å²) in [5.41, 5.74) is 2.49. The van der Waals surface area contributed by atoms with Crippen molar-refractivity contribution in [2.45, 2.75) is 56.4 Å². The van der Waals surface area contributed by atoms with Crippen molar-refractivity contribution in [3.63, 3.8) is 0 Å². The first-order chi connectivity index (χ1) is 15.8. The molecule has 1 saturated carbocycles. The lowest BCUT2D eigenvalue weighted by atomic mass is 9.94. The van der Waals surface area contributed by atoms with Crippen molar-refractivity contribution < 1.29 is 4.79 Å². The Morgan fingerprint density at radius 1 is 0.969 bits per heavy atom. The largest absolute Gasteiger partial charge is 0.334 e. The van der Waals surface area contributed by atoms with Crippen molar-refractivity contribution in [3.8, 4) is 0 Å². The lowest BCUT2D eigenvalue weighted by Gasteiger charge is -2.30. The SMILES string of the molecule is CCN1/C(=C2/SC(=NCCc3ccccc3)N(C3CCCCC3)C2=O)Sc2ccccc21. The van der Waals surface area contributed by atoms with Crippen LogP contribution in [-0.4, -0.2) is 35.1 Å². The molecular formula is C26H29N3OS2. The van der Waals surface area contributed by atoms with Crippen LogP contribution < -0.4 is 4.90 Å². The van der Waals surface area contributed by atoms with E-state index in [1.54, 1.807) is 23.5 Å². The summed E-state index contributed by atoms with van der Waals surface area (Å²) in [6, 6.07) is 19.2. The molecule has 2 heterocycles. The highest BCUT2D eigenvalue weighted by Crippen LogP contribution is 2.51. The van der Waals surface area contributed by atoms with Crippen LogP contribution in [0.15, 0.2) is 74.4 Å². The highest BCUT2D eigenvalue weighted by Gasteiger charge is 2.42. The summed E-state index contributed by atoms with van der Waals surface area (Å²) in [4.78, 5) is 25.1. The Morgan fingerprint density at radius 3 is 2.50 bits per heavy atom. The smallest absolute Gasteiger partial charge is 0.269 e. The molecule has 2 aliphatic heterocycles. The maximum Gasteiger partial charge on any atom is 0.269 e. The zero-order valence-corrected chi connectivity index (χ0v) is 20.1. The van der Waals surface area contributed by atoms with Gasteiger partial charge in [0.25, 0.3) is 5.91 Å². The summed E-state index contributed by atoms with van der Waals surface area (Å²) in [6.07, 6.45) is 6.72. The number of thioether (sulfide) groups is 2. The Morgan fingerprint density at radius 2 is 1.72 bits per heavy atom. The third-order valence-electron chi connectivity index (χ3n) is 6.36. The number of carbonyl (C=O) groups excluding carboxylic acids is 1. The van der Waals surface area contributed by atoms with Gasteiger partial charge in [0, 0.05) is 24.0 Å². The predicted molar refractivity (Wildman–Crippen MR) is 136 cm³/mol. The van der Waals surface area contributed by atoms with E-state index in [1.165, 1.54) is 35.4 Å². The van der Waals surface area contributed by atoms with Crippen LogP contribution in [0.25, 0.3) is 0 Å². The topological polar surface area (TPSA) is 35.9 Å². The van der Waals surface area contributed by atoms with Crippen LogP contribution in [0.4, 0.5) is 5.69 Å². The van der Waals surface area contributed by atoms with Gasteiger partial charge >= 0.3 is 0 Å². The summed E-state index contributed by atoms with van der Waals surface area (Å²) < 4.78 is 0. The summed E-state index contributed by atoms with van der Waals surface area (Å²) >= 11 is 3.31. The number of benzene rings is 2. The number of amidine groups is 1. The molecule has 0 radical (unpaired) electrons. The van der Waals surface area contributed by atoms with Gasteiger partial charge in [0.2, 0.25) is 0 Å². The van der Waals surface area contributed by atoms with Gasteiger partial charge < -0.3 is 4.90 Å². The highest BCUT2D eigenvalue weighted by atomic mass is 32.2. The van der Waals surface area contributed by atoms with Crippen molar-refractivity contribution in [2.75, 3.05) is 18.0 Å². The fourth-order valence-corrected chi connectivity index (χ4v) is 7.19. The molecule has 1 saturated heterocycles. The lowest BCUT2D eigenvalue weighted by molar-refractivity contribution is -0.124. The van der Waals surface area contributed by atoms with E-state index in [0.29, 0.717) is 6.54 Å². The molecule has 0 N–H and O–H groups in total. The van der Waals surface area contributed by atoms with Gasteiger partial charge in [-0.2, -0.15) is 0 Å². The van der Waals surface area contributed by atoms with Crippen LogP contribution in [-0.2, 0) is 11.2 Å². The second-order valence-electron chi connectivity index (χ2n) is 8.42. The highest BCUT2D eigenvalue weighted by molar-refractivity contribution is 8.19. The Labute approximate surface area is 199 Å². The van der Waals surface area contributed by atoms with Crippen LogP contribution in [0.3, 0.4) is 0 Å². The zero-order valence-electron chi connectivity index (χ0n) is 18.5. The fraction of sp³-hybridized carbons (Fsp3) is 0.385. The minimum atomic E-state index is 0.147. The number of hydrogen-bond acceptors (Lipinski definition) is 5. The lowest BCUT2D eigenvalue weighted by Crippen LogP contribution is -2.40. The third-order valence-corrected chi connectivity index (χ3v) is 8.75. The quantitative estimate of drug-likeness (QED) is 0.488. The van der Waals surface area contributed by atoms with Gasteiger partial charge in [-0.05, 0) is 55.6 Å². The molecule has 0 spiro atoms. The second kappa shape index (κ2) is 9.75. The molecule has 166 valence electrons. The average molecular weight is 464 g/mol. The number of carbonyl (C=O) groups is 1. The number of hydrogen-bond donors (Lipinski definition) is 0. The first kappa shape index (κ1) is 21.7. The molecule has 0 atom stereocenters. The minimum absolute atomic E-state index is 0.147. The van der Waals surface area contributed by atoms with Gasteiger partial charge in [0.15, 0.2) is 5.17 Å². The van der Waals surface area contributed by atoms with E-state index < -0.39 is 0 Å². The van der Waals surface area contributed by atoms with Crippen molar-refractivity contribution in [1.29, 1.82) is 0 Å². The molecular weight excluding hydrogens is 434 g/mol. The number of amides is 1. The van der Waals surface area contributed by atoms with E-state index >= 15 is 0 Å². The summed E-state index contributed by atoms with van der Waals surface area (Å²) in [5, 5.41) is 1.96. The van der Waals surface area contributed by atoms with Crippen LogP contribution in [0, 0.1) is 0 Å². The molecule has 3 aliphatic rings. The fourth-order valence-electron chi connectivity index (χ4n) is 4.73.